The minimum Gasteiger partial charge on any atom is -0.316 e. The summed E-state index contributed by atoms with van der Waals surface area (Å²) in [4.78, 5) is 11.9. The zero-order chi connectivity index (χ0) is 11.6. The molecule has 1 aromatic rings. The SMILES string of the molecule is Cc1cc(C)n(C)c(=O)c1CNC(C)C. The van der Waals surface area contributed by atoms with Crippen molar-refractivity contribution in [1.82, 2.24) is 9.88 Å². The third-order valence-corrected chi connectivity index (χ3v) is 2.68. The second-order valence-corrected chi connectivity index (χ2v) is 4.35. The van der Waals surface area contributed by atoms with Gasteiger partial charge >= 0.3 is 0 Å². The molecule has 15 heavy (non-hydrogen) atoms. The number of rotatable bonds is 3. The van der Waals surface area contributed by atoms with Gasteiger partial charge in [0.1, 0.15) is 0 Å². The van der Waals surface area contributed by atoms with Crippen molar-refractivity contribution in [2.75, 3.05) is 0 Å². The molecular formula is C12H20N2O. The average Bonchev–Trinajstić information content (AvgIpc) is 2.14. The highest BCUT2D eigenvalue weighted by atomic mass is 16.1. The Hall–Kier alpha value is -1.09. The van der Waals surface area contributed by atoms with E-state index in [1.165, 1.54) is 0 Å². The second kappa shape index (κ2) is 4.62. The third-order valence-electron chi connectivity index (χ3n) is 2.68. The first kappa shape index (κ1) is 12.0. The summed E-state index contributed by atoms with van der Waals surface area (Å²) in [6.45, 7) is 8.75. The van der Waals surface area contributed by atoms with Gasteiger partial charge in [0.2, 0.25) is 0 Å². The molecule has 0 atom stereocenters. The van der Waals surface area contributed by atoms with Crippen molar-refractivity contribution in [3.05, 3.63) is 33.2 Å². The van der Waals surface area contributed by atoms with Crippen LogP contribution in [-0.2, 0) is 13.6 Å². The van der Waals surface area contributed by atoms with Crippen LogP contribution in [0.25, 0.3) is 0 Å². The van der Waals surface area contributed by atoms with Gasteiger partial charge in [-0.2, -0.15) is 0 Å². The van der Waals surface area contributed by atoms with E-state index in [0.29, 0.717) is 12.6 Å². The number of nitrogens with zero attached hydrogens (tertiary/aromatic N) is 1. The van der Waals surface area contributed by atoms with Crippen LogP contribution in [0, 0.1) is 13.8 Å². The molecule has 1 rings (SSSR count). The standard InChI is InChI=1S/C12H20N2O/c1-8(2)13-7-11-9(3)6-10(4)14(5)12(11)15/h6,8,13H,7H2,1-5H3. The van der Waals surface area contributed by atoms with Crippen LogP contribution in [0.4, 0.5) is 0 Å². The highest BCUT2D eigenvalue weighted by molar-refractivity contribution is 5.25. The first-order valence-corrected chi connectivity index (χ1v) is 5.33. The van der Waals surface area contributed by atoms with Crippen molar-refractivity contribution >= 4 is 0 Å². The van der Waals surface area contributed by atoms with Crippen LogP contribution in [-0.4, -0.2) is 10.6 Å². The van der Waals surface area contributed by atoms with Crippen LogP contribution in [0.3, 0.4) is 0 Å². The fourth-order valence-corrected chi connectivity index (χ4v) is 1.55. The van der Waals surface area contributed by atoms with Gasteiger partial charge in [0.05, 0.1) is 0 Å². The van der Waals surface area contributed by atoms with Crippen molar-refractivity contribution < 1.29 is 0 Å². The molecule has 3 heteroatoms. The van der Waals surface area contributed by atoms with Gasteiger partial charge in [-0.25, -0.2) is 0 Å². The molecule has 1 heterocycles. The van der Waals surface area contributed by atoms with Crippen molar-refractivity contribution in [2.45, 2.75) is 40.3 Å². The number of nitrogens with one attached hydrogen (secondary N) is 1. The van der Waals surface area contributed by atoms with Gasteiger partial charge in [-0.3, -0.25) is 4.79 Å². The summed E-state index contributed by atoms with van der Waals surface area (Å²) in [6.07, 6.45) is 0. The summed E-state index contributed by atoms with van der Waals surface area (Å²) in [7, 11) is 1.82. The van der Waals surface area contributed by atoms with Crippen LogP contribution in [0.2, 0.25) is 0 Å². The maximum atomic E-state index is 11.9. The first-order valence-electron chi connectivity index (χ1n) is 5.33. The predicted octanol–water partition coefficient (Wildman–Crippen LogP) is 1.50. The number of aryl methyl sites for hydroxylation is 2. The molecule has 0 unspecified atom stereocenters. The Bertz CT molecular complexity index is 405. The highest BCUT2D eigenvalue weighted by Crippen LogP contribution is 2.05. The molecule has 0 fully saturated rings. The summed E-state index contributed by atoms with van der Waals surface area (Å²) in [5.41, 5.74) is 3.06. The molecule has 0 spiro atoms. The van der Waals surface area contributed by atoms with E-state index >= 15 is 0 Å². The first-order chi connectivity index (χ1) is 6.93. The van der Waals surface area contributed by atoms with Gasteiger partial charge in [-0.15, -0.1) is 0 Å². The van der Waals surface area contributed by atoms with Gasteiger partial charge in [-0.1, -0.05) is 13.8 Å². The van der Waals surface area contributed by atoms with Crippen LogP contribution in [0.15, 0.2) is 10.9 Å². The maximum Gasteiger partial charge on any atom is 0.255 e. The van der Waals surface area contributed by atoms with Crippen molar-refractivity contribution in [3.63, 3.8) is 0 Å². The van der Waals surface area contributed by atoms with Crippen molar-refractivity contribution in [1.29, 1.82) is 0 Å². The van der Waals surface area contributed by atoms with E-state index in [1.54, 1.807) is 4.57 Å². The molecule has 0 aromatic carbocycles. The smallest absolute Gasteiger partial charge is 0.255 e. The Morgan fingerprint density at radius 2 is 2.00 bits per heavy atom. The third kappa shape index (κ3) is 2.69. The largest absolute Gasteiger partial charge is 0.316 e. The molecule has 84 valence electrons. The molecular weight excluding hydrogens is 188 g/mol. The molecule has 0 bridgehead atoms. The number of hydrogen-bond donors (Lipinski definition) is 1. The Morgan fingerprint density at radius 1 is 1.40 bits per heavy atom. The molecule has 0 radical (unpaired) electrons. The van der Waals surface area contributed by atoms with Crippen molar-refractivity contribution in [2.24, 2.45) is 7.05 Å². The topological polar surface area (TPSA) is 34.0 Å². The van der Waals surface area contributed by atoms with Gasteiger partial charge < -0.3 is 9.88 Å². The van der Waals surface area contributed by atoms with Crippen LogP contribution in [0.5, 0.6) is 0 Å². The van der Waals surface area contributed by atoms with Gasteiger partial charge in [0.15, 0.2) is 0 Å². The van der Waals surface area contributed by atoms with Crippen LogP contribution in [0.1, 0.15) is 30.7 Å². The van der Waals surface area contributed by atoms with Gasteiger partial charge in [0.25, 0.3) is 5.56 Å². The molecule has 0 aliphatic rings. The molecule has 1 aromatic heterocycles. The lowest BCUT2D eigenvalue weighted by atomic mass is 10.1. The minimum atomic E-state index is 0.112. The molecule has 0 saturated heterocycles. The zero-order valence-electron chi connectivity index (χ0n) is 10.2. The molecule has 0 aliphatic carbocycles. The molecule has 1 N–H and O–H groups in total. The fourth-order valence-electron chi connectivity index (χ4n) is 1.55. The summed E-state index contributed by atoms with van der Waals surface area (Å²) < 4.78 is 1.70. The lowest BCUT2D eigenvalue weighted by Gasteiger charge is -2.13. The lowest BCUT2D eigenvalue weighted by molar-refractivity contribution is 0.580. The molecule has 0 amide bonds. The number of aromatic nitrogens is 1. The average molecular weight is 208 g/mol. The Balaban J connectivity index is 3.08. The van der Waals surface area contributed by atoms with E-state index in [9.17, 15) is 4.79 Å². The van der Waals surface area contributed by atoms with E-state index < -0.39 is 0 Å². The lowest BCUT2D eigenvalue weighted by Crippen LogP contribution is -2.30. The second-order valence-electron chi connectivity index (χ2n) is 4.35. The van der Waals surface area contributed by atoms with E-state index in [1.807, 2.05) is 20.9 Å². The highest BCUT2D eigenvalue weighted by Gasteiger charge is 2.07. The van der Waals surface area contributed by atoms with E-state index in [0.717, 1.165) is 16.8 Å². The quantitative estimate of drug-likeness (QED) is 0.816. The minimum absolute atomic E-state index is 0.112. The van der Waals surface area contributed by atoms with Crippen LogP contribution >= 0.6 is 0 Å². The maximum absolute atomic E-state index is 11.9. The number of pyridine rings is 1. The molecule has 0 aliphatic heterocycles. The zero-order valence-corrected chi connectivity index (χ0v) is 10.2. The summed E-state index contributed by atoms with van der Waals surface area (Å²) in [5, 5.41) is 3.28. The van der Waals surface area contributed by atoms with E-state index in [-0.39, 0.29) is 5.56 Å². The summed E-state index contributed by atoms with van der Waals surface area (Å²) in [6, 6.07) is 2.45. The van der Waals surface area contributed by atoms with Crippen molar-refractivity contribution in [3.8, 4) is 0 Å². The fraction of sp³-hybridized carbons (Fsp3) is 0.583. The predicted molar refractivity (Wildman–Crippen MR) is 63.1 cm³/mol. The number of hydrogen-bond acceptors (Lipinski definition) is 2. The van der Waals surface area contributed by atoms with E-state index in [2.05, 4.69) is 25.2 Å². The molecule has 0 saturated carbocycles. The Kier molecular flexibility index (Phi) is 3.69. The van der Waals surface area contributed by atoms with Gasteiger partial charge in [0, 0.05) is 30.9 Å². The monoisotopic (exact) mass is 208 g/mol. The van der Waals surface area contributed by atoms with Crippen LogP contribution < -0.4 is 10.9 Å². The molecule has 3 nitrogen and oxygen atoms in total. The Morgan fingerprint density at radius 3 is 2.53 bits per heavy atom. The summed E-state index contributed by atoms with van der Waals surface area (Å²) >= 11 is 0. The summed E-state index contributed by atoms with van der Waals surface area (Å²) in [5.74, 6) is 0. The van der Waals surface area contributed by atoms with E-state index in [4.69, 9.17) is 0 Å². The van der Waals surface area contributed by atoms with Gasteiger partial charge in [-0.05, 0) is 25.5 Å². The Labute approximate surface area is 91.1 Å². The normalized spacial score (nSPS) is 11.1.